The molecule has 0 spiro atoms. The second-order valence-electron chi connectivity index (χ2n) is 14.4. The maximum Gasteiger partial charge on any atom is 0.472 e. The lowest BCUT2D eigenvalue weighted by atomic mass is 10.0. The van der Waals surface area contributed by atoms with E-state index >= 15 is 0 Å². The van der Waals surface area contributed by atoms with Gasteiger partial charge in [0.15, 0.2) is 6.10 Å². The number of rotatable bonds is 37. The van der Waals surface area contributed by atoms with Crippen LogP contribution in [-0.4, -0.2) is 92.8 Å². The highest BCUT2D eigenvalue weighted by Gasteiger charge is 2.28. The van der Waals surface area contributed by atoms with Gasteiger partial charge in [-0.15, -0.1) is 0 Å². The summed E-state index contributed by atoms with van der Waals surface area (Å²) in [5.74, 6) is -0.546. The van der Waals surface area contributed by atoms with E-state index in [0.29, 0.717) is 19.3 Å². The molecule has 1 unspecified atom stereocenters. The van der Waals surface area contributed by atoms with Crippen LogP contribution in [0.3, 0.4) is 0 Å². The van der Waals surface area contributed by atoms with Crippen molar-refractivity contribution in [3.8, 4) is 0 Å². The third kappa shape index (κ3) is 39.2. The molecule has 0 heterocycles. The average Bonchev–Trinajstić information content (AvgIpc) is 3.14. The molecule has 0 aliphatic rings. The molecule has 0 aromatic rings. The molecule has 332 valence electrons. The number of aliphatic hydroxyl groups is 3. The van der Waals surface area contributed by atoms with Crippen molar-refractivity contribution >= 4 is 27.6 Å². The predicted molar refractivity (Wildman–Crippen MR) is 219 cm³/mol. The molecule has 0 aromatic carbocycles. The summed E-state index contributed by atoms with van der Waals surface area (Å²) in [5.41, 5.74) is 0. The summed E-state index contributed by atoms with van der Waals surface area (Å²) in [6.45, 7) is 3.62. The van der Waals surface area contributed by atoms with Crippen LogP contribution in [0, 0.1) is 5.92 Å². The molecular weight excluding hydrogens is 782 g/mol. The number of phosphoric acid groups is 2. The lowest BCUT2D eigenvalue weighted by Gasteiger charge is -2.20. The first-order chi connectivity index (χ1) is 27.0. The molecule has 0 rings (SSSR count). The van der Waals surface area contributed by atoms with Crippen molar-refractivity contribution in [2.45, 2.75) is 161 Å². The number of carbonyl (C=O) groups excluding carboxylic acids is 2. The third-order valence-corrected chi connectivity index (χ3v) is 9.78. The zero-order valence-corrected chi connectivity index (χ0v) is 36.1. The van der Waals surface area contributed by atoms with Crippen molar-refractivity contribution in [1.82, 2.24) is 0 Å². The minimum atomic E-state index is -4.89. The number of allylic oxidation sites excluding steroid dienone is 6. The van der Waals surface area contributed by atoms with E-state index in [1.54, 1.807) is 24.3 Å². The van der Waals surface area contributed by atoms with E-state index < -0.39 is 78.4 Å². The van der Waals surface area contributed by atoms with Gasteiger partial charge < -0.3 is 39.5 Å². The standard InChI is InChI=1S/C40H72O15P2/c1-4-5-17-24-35(41)25-19-14-10-8-11-15-20-26-36(42)27-22-29-39(44)51-32-38(33-54-57(49,50)53-31-37(43)30-52-56(46,47)48)55-40(45)28-21-16-12-7-6-9-13-18-23-34(2)3/h10-11,14-15,19-20,25-26,34-38,41-43H,4-9,12-13,16-18,21-24,27-33H2,1-3H3,(H,49,50)(H2,46,47,48)/b14-10-,15-11-,25-19+,26-20+/t35-,36-,37-,38+/m0/s1. The number of esters is 2. The van der Waals surface area contributed by atoms with Gasteiger partial charge in [-0.1, -0.05) is 140 Å². The van der Waals surface area contributed by atoms with Gasteiger partial charge in [-0.25, -0.2) is 9.13 Å². The van der Waals surface area contributed by atoms with E-state index in [9.17, 15) is 38.9 Å². The summed E-state index contributed by atoms with van der Waals surface area (Å²) in [5, 5.41) is 29.8. The number of hydrogen-bond acceptors (Lipinski definition) is 12. The summed E-state index contributed by atoms with van der Waals surface area (Å²) < 4.78 is 47.5. The fraction of sp³-hybridized carbons (Fsp3) is 0.750. The van der Waals surface area contributed by atoms with Gasteiger partial charge in [0.05, 0.1) is 32.0 Å². The van der Waals surface area contributed by atoms with Gasteiger partial charge in [0, 0.05) is 12.8 Å². The van der Waals surface area contributed by atoms with Crippen molar-refractivity contribution in [1.29, 1.82) is 0 Å². The summed E-state index contributed by atoms with van der Waals surface area (Å²) in [6.07, 6.45) is 25.0. The second kappa shape index (κ2) is 34.8. The minimum Gasteiger partial charge on any atom is -0.462 e. The van der Waals surface area contributed by atoms with Crippen LogP contribution >= 0.6 is 15.6 Å². The first-order valence-electron chi connectivity index (χ1n) is 20.4. The van der Waals surface area contributed by atoms with Crippen LogP contribution in [0.25, 0.3) is 0 Å². The van der Waals surface area contributed by atoms with Gasteiger partial charge >= 0.3 is 27.6 Å². The Hall–Kier alpha value is -2.00. The molecule has 0 fully saturated rings. The molecule has 0 radical (unpaired) electrons. The Morgan fingerprint density at radius 3 is 1.68 bits per heavy atom. The molecule has 17 heteroatoms. The Bertz CT molecular complexity index is 1250. The topological polar surface area (TPSA) is 236 Å². The Labute approximate surface area is 340 Å². The second-order valence-corrected chi connectivity index (χ2v) is 17.1. The van der Waals surface area contributed by atoms with Gasteiger partial charge in [0.1, 0.15) is 12.7 Å². The summed E-state index contributed by atoms with van der Waals surface area (Å²) in [7, 11) is -9.74. The molecule has 0 aliphatic carbocycles. The van der Waals surface area contributed by atoms with Crippen LogP contribution in [0.15, 0.2) is 48.6 Å². The Balaban J connectivity index is 4.77. The predicted octanol–water partition coefficient (Wildman–Crippen LogP) is 7.69. The van der Waals surface area contributed by atoms with Crippen LogP contribution < -0.4 is 0 Å². The third-order valence-electron chi connectivity index (χ3n) is 8.35. The Morgan fingerprint density at radius 1 is 0.596 bits per heavy atom. The molecule has 6 N–H and O–H groups in total. The van der Waals surface area contributed by atoms with Crippen LogP contribution in [0.4, 0.5) is 0 Å². The fourth-order valence-corrected chi connectivity index (χ4v) is 6.31. The first kappa shape index (κ1) is 55.0. The highest BCUT2D eigenvalue weighted by Crippen LogP contribution is 2.43. The normalized spacial score (nSPS) is 15.8. The van der Waals surface area contributed by atoms with Gasteiger partial charge in [-0.05, 0) is 38.0 Å². The largest absolute Gasteiger partial charge is 0.472 e. The number of carbonyl (C=O) groups is 2. The molecular formula is C40H72O15P2. The first-order valence-corrected chi connectivity index (χ1v) is 23.4. The molecule has 0 saturated carbocycles. The summed E-state index contributed by atoms with van der Waals surface area (Å²) >= 11 is 0. The molecule has 5 atom stereocenters. The zero-order valence-electron chi connectivity index (χ0n) is 34.3. The maximum atomic E-state index is 12.6. The van der Waals surface area contributed by atoms with Crippen LogP contribution in [0.1, 0.15) is 136 Å². The zero-order chi connectivity index (χ0) is 42.8. The van der Waals surface area contributed by atoms with E-state index in [1.807, 2.05) is 24.3 Å². The number of aliphatic hydroxyl groups excluding tert-OH is 3. The van der Waals surface area contributed by atoms with E-state index in [0.717, 1.165) is 57.3 Å². The SMILES string of the molecule is CCCCC[C@H](O)/C=C/C=C\C/C=C\C=C\[C@H](O)CCCC(=O)OC[C@H](COP(=O)(O)OC[C@@H](O)COP(=O)(O)O)OC(=O)CCCCCCCCCCC(C)C. The molecule has 0 aromatic heterocycles. The van der Waals surface area contributed by atoms with E-state index in [-0.39, 0.29) is 19.3 Å². The van der Waals surface area contributed by atoms with E-state index in [1.165, 1.54) is 25.7 Å². The number of unbranched alkanes of at least 4 members (excludes halogenated alkanes) is 9. The average molecular weight is 855 g/mol. The van der Waals surface area contributed by atoms with Gasteiger partial charge in [-0.3, -0.25) is 23.2 Å². The Kier molecular flexibility index (Phi) is 33.6. The van der Waals surface area contributed by atoms with E-state index in [2.05, 4.69) is 29.8 Å². The quantitative estimate of drug-likeness (QED) is 0.0152. The smallest absolute Gasteiger partial charge is 0.462 e. The van der Waals surface area contributed by atoms with Gasteiger partial charge in [0.25, 0.3) is 0 Å². The lowest BCUT2D eigenvalue weighted by molar-refractivity contribution is -0.161. The summed E-state index contributed by atoms with van der Waals surface area (Å²) in [6, 6.07) is 0. The van der Waals surface area contributed by atoms with Crippen molar-refractivity contribution in [2.75, 3.05) is 26.4 Å². The Morgan fingerprint density at radius 2 is 1.11 bits per heavy atom. The molecule has 57 heavy (non-hydrogen) atoms. The van der Waals surface area contributed by atoms with Crippen molar-refractivity contribution in [3.05, 3.63) is 48.6 Å². The summed E-state index contributed by atoms with van der Waals surface area (Å²) in [4.78, 5) is 52.5. The number of phosphoric ester groups is 2. The minimum absolute atomic E-state index is 0.0538. The van der Waals surface area contributed by atoms with Crippen molar-refractivity contribution < 1.29 is 71.8 Å². The van der Waals surface area contributed by atoms with Gasteiger partial charge in [-0.2, -0.15) is 0 Å². The number of ether oxygens (including phenoxy) is 2. The van der Waals surface area contributed by atoms with Crippen LogP contribution in [0.5, 0.6) is 0 Å². The molecule has 0 saturated heterocycles. The van der Waals surface area contributed by atoms with Crippen molar-refractivity contribution in [2.24, 2.45) is 5.92 Å². The van der Waals surface area contributed by atoms with E-state index in [4.69, 9.17) is 23.8 Å². The number of hydrogen-bond donors (Lipinski definition) is 6. The van der Waals surface area contributed by atoms with Crippen LogP contribution in [0.2, 0.25) is 0 Å². The lowest BCUT2D eigenvalue weighted by Crippen LogP contribution is -2.30. The maximum absolute atomic E-state index is 12.6. The highest BCUT2D eigenvalue weighted by molar-refractivity contribution is 7.47. The highest BCUT2D eigenvalue weighted by atomic mass is 31.2. The van der Waals surface area contributed by atoms with Crippen molar-refractivity contribution in [3.63, 3.8) is 0 Å². The van der Waals surface area contributed by atoms with Crippen LogP contribution in [-0.2, 0) is 41.8 Å². The van der Waals surface area contributed by atoms with Gasteiger partial charge in [0.2, 0.25) is 0 Å². The molecule has 0 aliphatic heterocycles. The monoisotopic (exact) mass is 854 g/mol. The fourth-order valence-electron chi connectivity index (χ4n) is 5.16. The molecule has 0 bridgehead atoms. The molecule has 15 nitrogen and oxygen atoms in total. The molecule has 0 amide bonds.